The van der Waals surface area contributed by atoms with Gasteiger partial charge in [-0.2, -0.15) is 0 Å². The summed E-state index contributed by atoms with van der Waals surface area (Å²) in [5.74, 6) is 0. The van der Waals surface area contributed by atoms with Crippen LogP contribution in [0.5, 0.6) is 0 Å². The zero-order valence-electron chi connectivity index (χ0n) is 11.9. The Labute approximate surface area is 117 Å². The van der Waals surface area contributed by atoms with Gasteiger partial charge in [0.2, 0.25) is 0 Å². The molecule has 1 aromatic heterocycles. The molecule has 102 valence electrons. The molecule has 0 aliphatic heterocycles. The van der Waals surface area contributed by atoms with Crippen molar-refractivity contribution in [3.63, 3.8) is 0 Å². The smallest absolute Gasteiger partial charge is 0.321 e. The second-order valence-corrected chi connectivity index (χ2v) is 6.78. The second kappa shape index (κ2) is 4.81. The number of hydrogen-bond donors (Lipinski definition) is 2. The van der Waals surface area contributed by atoms with Crippen LogP contribution in [0.2, 0.25) is 0 Å². The number of thiazole rings is 1. The second-order valence-electron chi connectivity index (χ2n) is 5.78. The molecule has 0 bridgehead atoms. The van der Waals surface area contributed by atoms with E-state index in [-0.39, 0.29) is 11.6 Å². The molecular formula is C14H19N3OS. The van der Waals surface area contributed by atoms with Crippen molar-refractivity contribution in [3.8, 4) is 0 Å². The molecular weight excluding hydrogens is 258 g/mol. The van der Waals surface area contributed by atoms with Gasteiger partial charge in [-0.1, -0.05) is 17.4 Å². The average Bonchev–Trinajstić information content (AvgIpc) is 2.56. The fourth-order valence-corrected chi connectivity index (χ4v) is 2.81. The molecule has 4 nitrogen and oxygen atoms in total. The van der Waals surface area contributed by atoms with Crippen LogP contribution in [0.4, 0.5) is 9.93 Å². The van der Waals surface area contributed by atoms with E-state index >= 15 is 0 Å². The summed E-state index contributed by atoms with van der Waals surface area (Å²) in [6.45, 7) is 9.94. The quantitative estimate of drug-likeness (QED) is 0.832. The highest BCUT2D eigenvalue weighted by Crippen LogP contribution is 2.29. The standard InChI is InChI=1S/C14H19N3OS/c1-8-6-9(2)11-10(7-8)15-13(19-11)16-12(18)17-14(3,4)5/h6-7H,1-5H3,(H2,15,16,17,18). The number of nitrogens with one attached hydrogen (secondary N) is 2. The topological polar surface area (TPSA) is 54.0 Å². The Morgan fingerprint density at radius 1 is 1.26 bits per heavy atom. The Kier molecular flexibility index (Phi) is 3.49. The van der Waals surface area contributed by atoms with Gasteiger partial charge in [-0.05, 0) is 51.8 Å². The van der Waals surface area contributed by atoms with Crippen molar-refractivity contribution in [1.82, 2.24) is 10.3 Å². The Morgan fingerprint density at radius 2 is 1.95 bits per heavy atom. The van der Waals surface area contributed by atoms with E-state index in [2.05, 4.69) is 28.6 Å². The van der Waals surface area contributed by atoms with Crippen molar-refractivity contribution in [2.45, 2.75) is 40.2 Å². The van der Waals surface area contributed by atoms with Gasteiger partial charge in [0.25, 0.3) is 0 Å². The minimum atomic E-state index is -0.257. The number of nitrogens with zero attached hydrogens (tertiary/aromatic N) is 1. The highest BCUT2D eigenvalue weighted by Gasteiger charge is 2.15. The largest absolute Gasteiger partial charge is 0.333 e. The van der Waals surface area contributed by atoms with Crippen LogP contribution >= 0.6 is 11.3 Å². The molecule has 0 aliphatic rings. The lowest BCUT2D eigenvalue weighted by molar-refractivity contribution is 0.244. The van der Waals surface area contributed by atoms with E-state index in [1.807, 2.05) is 33.8 Å². The number of fused-ring (bicyclic) bond motifs is 1. The summed E-state index contributed by atoms with van der Waals surface area (Å²) in [6.07, 6.45) is 0. The molecule has 0 saturated heterocycles. The molecule has 2 aromatic rings. The predicted octanol–water partition coefficient (Wildman–Crippen LogP) is 3.83. The van der Waals surface area contributed by atoms with E-state index < -0.39 is 0 Å². The molecule has 0 fully saturated rings. The summed E-state index contributed by atoms with van der Waals surface area (Å²) in [7, 11) is 0. The first kappa shape index (κ1) is 13.8. The number of aromatic nitrogens is 1. The van der Waals surface area contributed by atoms with Crippen molar-refractivity contribution >= 4 is 32.7 Å². The first-order chi connectivity index (χ1) is 8.74. The van der Waals surface area contributed by atoms with Gasteiger partial charge in [0.05, 0.1) is 10.2 Å². The van der Waals surface area contributed by atoms with Gasteiger partial charge >= 0.3 is 6.03 Å². The lowest BCUT2D eigenvalue weighted by Crippen LogP contribution is -2.43. The lowest BCUT2D eigenvalue weighted by atomic mass is 10.1. The van der Waals surface area contributed by atoms with Gasteiger partial charge in [-0.3, -0.25) is 5.32 Å². The summed E-state index contributed by atoms with van der Waals surface area (Å²) < 4.78 is 1.12. The van der Waals surface area contributed by atoms with Crippen molar-refractivity contribution in [1.29, 1.82) is 0 Å². The van der Waals surface area contributed by atoms with E-state index in [1.165, 1.54) is 22.5 Å². The van der Waals surface area contributed by atoms with Crippen LogP contribution in [-0.2, 0) is 0 Å². The lowest BCUT2D eigenvalue weighted by Gasteiger charge is -2.19. The Bertz CT molecular complexity index is 625. The predicted molar refractivity (Wildman–Crippen MR) is 81.0 cm³/mol. The maximum absolute atomic E-state index is 11.8. The van der Waals surface area contributed by atoms with Crippen LogP contribution in [0.25, 0.3) is 10.2 Å². The SMILES string of the molecule is Cc1cc(C)c2sc(NC(=O)NC(C)(C)C)nc2c1. The van der Waals surface area contributed by atoms with Crippen LogP contribution in [0.1, 0.15) is 31.9 Å². The van der Waals surface area contributed by atoms with Gasteiger partial charge in [0, 0.05) is 5.54 Å². The molecule has 0 saturated carbocycles. The minimum Gasteiger partial charge on any atom is -0.333 e. The fraction of sp³-hybridized carbons (Fsp3) is 0.429. The molecule has 0 spiro atoms. The number of carbonyl (C=O) groups is 1. The number of hydrogen-bond acceptors (Lipinski definition) is 3. The summed E-state index contributed by atoms with van der Waals surface area (Å²) in [4.78, 5) is 16.3. The summed E-state index contributed by atoms with van der Waals surface area (Å²) in [5, 5.41) is 6.28. The van der Waals surface area contributed by atoms with Gasteiger partial charge < -0.3 is 5.32 Å². The van der Waals surface area contributed by atoms with E-state index in [0.717, 1.165) is 10.2 Å². The van der Waals surface area contributed by atoms with Crippen LogP contribution in [0, 0.1) is 13.8 Å². The van der Waals surface area contributed by atoms with Gasteiger partial charge in [0.15, 0.2) is 5.13 Å². The minimum absolute atomic E-state index is 0.221. The third-order valence-electron chi connectivity index (χ3n) is 2.53. The third kappa shape index (κ3) is 3.44. The van der Waals surface area contributed by atoms with Crippen LogP contribution in [-0.4, -0.2) is 16.6 Å². The van der Waals surface area contributed by atoms with E-state index in [4.69, 9.17) is 0 Å². The molecule has 2 N–H and O–H groups in total. The maximum atomic E-state index is 11.8. The van der Waals surface area contributed by atoms with Crippen molar-refractivity contribution in [2.24, 2.45) is 0 Å². The zero-order chi connectivity index (χ0) is 14.2. The number of anilines is 1. The molecule has 1 aromatic carbocycles. The van der Waals surface area contributed by atoms with Gasteiger partial charge in [0.1, 0.15) is 0 Å². The van der Waals surface area contributed by atoms with E-state index in [0.29, 0.717) is 5.13 Å². The molecule has 2 rings (SSSR count). The number of amides is 2. The third-order valence-corrected chi connectivity index (χ3v) is 3.65. The molecule has 19 heavy (non-hydrogen) atoms. The monoisotopic (exact) mass is 277 g/mol. The van der Waals surface area contributed by atoms with Crippen molar-refractivity contribution < 1.29 is 4.79 Å². The fourth-order valence-electron chi connectivity index (χ4n) is 1.90. The van der Waals surface area contributed by atoms with Gasteiger partial charge in [-0.15, -0.1) is 0 Å². The first-order valence-electron chi connectivity index (χ1n) is 6.21. The average molecular weight is 277 g/mol. The molecule has 0 radical (unpaired) electrons. The van der Waals surface area contributed by atoms with Crippen LogP contribution in [0.15, 0.2) is 12.1 Å². The summed E-state index contributed by atoms with van der Waals surface area (Å²) in [6, 6.07) is 3.94. The Morgan fingerprint density at radius 3 is 2.58 bits per heavy atom. The molecule has 5 heteroatoms. The molecule has 0 aliphatic carbocycles. The Hall–Kier alpha value is -1.62. The van der Waals surface area contributed by atoms with Crippen molar-refractivity contribution in [2.75, 3.05) is 5.32 Å². The van der Waals surface area contributed by atoms with Crippen LogP contribution < -0.4 is 10.6 Å². The number of aryl methyl sites for hydroxylation is 2. The Balaban J connectivity index is 2.23. The van der Waals surface area contributed by atoms with Gasteiger partial charge in [-0.25, -0.2) is 9.78 Å². The molecule has 0 atom stereocenters. The van der Waals surface area contributed by atoms with Crippen LogP contribution in [0.3, 0.4) is 0 Å². The first-order valence-corrected chi connectivity index (χ1v) is 7.03. The normalized spacial score (nSPS) is 11.6. The number of rotatable bonds is 1. The highest BCUT2D eigenvalue weighted by molar-refractivity contribution is 7.22. The highest BCUT2D eigenvalue weighted by atomic mass is 32.1. The molecule has 0 unspecified atom stereocenters. The number of urea groups is 1. The number of benzene rings is 1. The van der Waals surface area contributed by atoms with E-state index in [1.54, 1.807) is 0 Å². The summed E-state index contributed by atoms with van der Waals surface area (Å²) in [5.41, 5.74) is 3.05. The summed E-state index contributed by atoms with van der Waals surface area (Å²) >= 11 is 1.50. The zero-order valence-corrected chi connectivity index (χ0v) is 12.7. The maximum Gasteiger partial charge on any atom is 0.321 e. The van der Waals surface area contributed by atoms with E-state index in [9.17, 15) is 4.79 Å². The molecule has 1 heterocycles. The molecule has 2 amide bonds. The van der Waals surface area contributed by atoms with Crippen molar-refractivity contribution in [3.05, 3.63) is 23.3 Å². The number of carbonyl (C=O) groups excluding carboxylic acids is 1.